The molecule has 0 aliphatic carbocycles. The molecule has 8 heteroatoms. The summed E-state index contributed by atoms with van der Waals surface area (Å²) in [6.07, 6.45) is 4.15. The van der Waals surface area contributed by atoms with Gasteiger partial charge in [-0.1, -0.05) is 0 Å². The number of rotatable bonds is 7. The van der Waals surface area contributed by atoms with Crippen LogP contribution < -0.4 is 10.6 Å². The predicted octanol–water partition coefficient (Wildman–Crippen LogP) is -0.982. The molecule has 0 fully saturated rings. The zero-order valence-electron chi connectivity index (χ0n) is 9.74. The monoisotopic (exact) mass is 256 g/mol. The van der Waals surface area contributed by atoms with Crippen LogP contribution in [0.15, 0.2) is 18.5 Å². The van der Waals surface area contributed by atoms with Gasteiger partial charge in [0.2, 0.25) is 0 Å². The number of carbonyl (C=O) groups is 2. The Morgan fingerprint density at radius 1 is 1.44 bits per heavy atom. The molecule has 0 saturated heterocycles. The van der Waals surface area contributed by atoms with E-state index < -0.39 is 24.6 Å². The van der Waals surface area contributed by atoms with E-state index in [4.69, 9.17) is 10.2 Å². The standard InChI is InChI=1S/C10H16N4O4/c15-7-8(9(16)17)13-10(18)11-3-1-5-14-6-2-4-12-14/h2,4,6,8,15H,1,3,5,7H2,(H,16,17)(H2,11,13,18)/t8-/m0/s1. The molecular weight excluding hydrogens is 240 g/mol. The summed E-state index contributed by atoms with van der Waals surface area (Å²) in [4.78, 5) is 21.8. The van der Waals surface area contributed by atoms with E-state index >= 15 is 0 Å². The minimum Gasteiger partial charge on any atom is -0.480 e. The van der Waals surface area contributed by atoms with Crippen molar-refractivity contribution >= 4 is 12.0 Å². The molecule has 0 unspecified atom stereocenters. The van der Waals surface area contributed by atoms with Gasteiger partial charge in [-0.2, -0.15) is 5.10 Å². The summed E-state index contributed by atoms with van der Waals surface area (Å²) >= 11 is 0. The predicted molar refractivity (Wildman–Crippen MR) is 61.9 cm³/mol. The van der Waals surface area contributed by atoms with E-state index in [1.165, 1.54) is 0 Å². The maximum Gasteiger partial charge on any atom is 0.328 e. The molecule has 1 heterocycles. The second kappa shape index (κ2) is 7.28. The van der Waals surface area contributed by atoms with Crippen LogP contribution in [0.5, 0.6) is 0 Å². The fraction of sp³-hybridized carbons (Fsp3) is 0.500. The molecular formula is C10H16N4O4. The molecule has 1 atom stereocenters. The number of aliphatic hydroxyl groups is 1. The summed E-state index contributed by atoms with van der Waals surface area (Å²) in [6.45, 7) is 0.412. The Balaban J connectivity index is 2.15. The molecule has 0 aliphatic rings. The lowest BCUT2D eigenvalue weighted by molar-refractivity contribution is -0.140. The number of carboxylic acid groups (broad SMARTS) is 1. The van der Waals surface area contributed by atoms with Crippen LogP contribution in [0, 0.1) is 0 Å². The summed E-state index contributed by atoms with van der Waals surface area (Å²) in [6, 6.07) is -0.0909. The molecule has 1 rings (SSSR count). The Hall–Kier alpha value is -2.09. The topological polar surface area (TPSA) is 116 Å². The van der Waals surface area contributed by atoms with E-state index in [-0.39, 0.29) is 0 Å². The van der Waals surface area contributed by atoms with Crippen LogP contribution >= 0.6 is 0 Å². The summed E-state index contributed by atoms with van der Waals surface area (Å²) in [5.74, 6) is -1.27. The Labute approximate surface area is 104 Å². The Bertz CT molecular complexity index is 379. The molecule has 0 saturated carbocycles. The van der Waals surface area contributed by atoms with Crippen molar-refractivity contribution in [1.82, 2.24) is 20.4 Å². The molecule has 8 nitrogen and oxygen atoms in total. The van der Waals surface area contributed by atoms with Crippen molar-refractivity contribution in [2.24, 2.45) is 0 Å². The van der Waals surface area contributed by atoms with E-state index in [2.05, 4.69) is 15.7 Å². The SMILES string of the molecule is O=C(NCCCn1cccn1)N[C@@H](CO)C(=O)O. The van der Waals surface area contributed by atoms with Gasteiger partial charge < -0.3 is 20.8 Å². The number of urea groups is 1. The number of aliphatic carboxylic acids is 1. The van der Waals surface area contributed by atoms with Crippen molar-refractivity contribution in [2.75, 3.05) is 13.2 Å². The van der Waals surface area contributed by atoms with Gasteiger partial charge in [0.05, 0.1) is 6.61 Å². The van der Waals surface area contributed by atoms with Crippen molar-refractivity contribution in [3.63, 3.8) is 0 Å². The lowest BCUT2D eigenvalue weighted by Gasteiger charge is -2.12. The largest absolute Gasteiger partial charge is 0.480 e. The number of aliphatic hydroxyl groups excluding tert-OH is 1. The molecule has 0 spiro atoms. The number of aryl methyl sites for hydroxylation is 1. The van der Waals surface area contributed by atoms with Crippen LogP contribution in [-0.4, -0.2) is 51.2 Å². The average Bonchev–Trinajstić information content (AvgIpc) is 2.84. The maximum absolute atomic E-state index is 11.3. The van der Waals surface area contributed by atoms with Gasteiger partial charge in [-0.3, -0.25) is 4.68 Å². The molecule has 2 amide bonds. The van der Waals surface area contributed by atoms with Crippen molar-refractivity contribution in [2.45, 2.75) is 19.0 Å². The molecule has 0 radical (unpaired) electrons. The highest BCUT2D eigenvalue weighted by molar-refractivity contribution is 5.82. The first-order valence-electron chi connectivity index (χ1n) is 5.49. The minimum atomic E-state index is -1.28. The molecule has 4 N–H and O–H groups in total. The fourth-order valence-electron chi connectivity index (χ4n) is 1.27. The number of aromatic nitrogens is 2. The zero-order chi connectivity index (χ0) is 13.4. The average molecular weight is 256 g/mol. The van der Waals surface area contributed by atoms with Crippen molar-refractivity contribution in [3.05, 3.63) is 18.5 Å². The third-order valence-electron chi connectivity index (χ3n) is 2.19. The number of carbonyl (C=O) groups excluding carboxylic acids is 1. The van der Waals surface area contributed by atoms with Crippen molar-refractivity contribution in [1.29, 1.82) is 0 Å². The third-order valence-corrected chi connectivity index (χ3v) is 2.19. The minimum absolute atomic E-state index is 0.392. The highest BCUT2D eigenvalue weighted by atomic mass is 16.4. The Morgan fingerprint density at radius 3 is 2.78 bits per heavy atom. The van der Waals surface area contributed by atoms with E-state index in [9.17, 15) is 9.59 Å². The first-order valence-corrected chi connectivity index (χ1v) is 5.49. The van der Waals surface area contributed by atoms with E-state index in [0.29, 0.717) is 19.5 Å². The zero-order valence-corrected chi connectivity index (χ0v) is 9.74. The van der Waals surface area contributed by atoms with Gasteiger partial charge >= 0.3 is 12.0 Å². The second-order valence-electron chi connectivity index (χ2n) is 3.60. The molecule has 100 valence electrons. The molecule has 1 aromatic rings. The van der Waals surface area contributed by atoms with Crippen molar-refractivity contribution < 1.29 is 19.8 Å². The summed E-state index contributed by atoms with van der Waals surface area (Å²) < 4.78 is 1.73. The van der Waals surface area contributed by atoms with Gasteiger partial charge in [0, 0.05) is 25.5 Å². The van der Waals surface area contributed by atoms with Crippen LogP contribution in [0.2, 0.25) is 0 Å². The maximum atomic E-state index is 11.3. The first kappa shape index (κ1) is 14.0. The number of nitrogens with one attached hydrogen (secondary N) is 2. The number of carboxylic acids is 1. The van der Waals surface area contributed by atoms with Crippen LogP contribution in [0.4, 0.5) is 4.79 Å². The van der Waals surface area contributed by atoms with E-state index in [1.807, 2.05) is 6.20 Å². The first-order chi connectivity index (χ1) is 8.63. The summed E-state index contributed by atoms with van der Waals surface area (Å²) in [5.41, 5.74) is 0. The van der Waals surface area contributed by atoms with E-state index in [0.717, 1.165) is 0 Å². The fourth-order valence-corrected chi connectivity index (χ4v) is 1.27. The van der Waals surface area contributed by atoms with Gasteiger partial charge in [0.25, 0.3) is 0 Å². The van der Waals surface area contributed by atoms with Crippen LogP contribution in [0.1, 0.15) is 6.42 Å². The van der Waals surface area contributed by atoms with Gasteiger partial charge in [0.1, 0.15) is 0 Å². The Morgan fingerprint density at radius 2 is 2.22 bits per heavy atom. The summed E-state index contributed by atoms with van der Waals surface area (Å²) in [7, 11) is 0. The van der Waals surface area contributed by atoms with Crippen LogP contribution in [0.3, 0.4) is 0 Å². The second-order valence-corrected chi connectivity index (χ2v) is 3.60. The lowest BCUT2D eigenvalue weighted by atomic mass is 10.3. The van der Waals surface area contributed by atoms with E-state index in [1.54, 1.807) is 16.9 Å². The molecule has 0 aromatic carbocycles. The van der Waals surface area contributed by atoms with Gasteiger partial charge in [-0.25, -0.2) is 9.59 Å². The number of hydrogen-bond donors (Lipinski definition) is 4. The van der Waals surface area contributed by atoms with Crippen LogP contribution in [0.25, 0.3) is 0 Å². The summed E-state index contributed by atoms with van der Waals surface area (Å²) in [5, 5.41) is 25.9. The smallest absolute Gasteiger partial charge is 0.328 e. The highest BCUT2D eigenvalue weighted by Gasteiger charge is 2.17. The molecule has 1 aromatic heterocycles. The molecule has 0 bridgehead atoms. The number of hydrogen-bond acceptors (Lipinski definition) is 4. The van der Waals surface area contributed by atoms with Crippen molar-refractivity contribution in [3.8, 4) is 0 Å². The lowest BCUT2D eigenvalue weighted by Crippen LogP contribution is -2.48. The molecule has 18 heavy (non-hydrogen) atoms. The van der Waals surface area contributed by atoms with Crippen LogP contribution in [-0.2, 0) is 11.3 Å². The quantitative estimate of drug-likeness (QED) is 0.468. The molecule has 0 aliphatic heterocycles. The Kier molecular flexibility index (Phi) is 5.65. The third kappa shape index (κ3) is 4.83. The van der Waals surface area contributed by atoms with Gasteiger partial charge in [-0.05, 0) is 12.5 Å². The number of nitrogens with zero attached hydrogens (tertiary/aromatic N) is 2. The highest BCUT2D eigenvalue weighted by Crippen LogP contribution is 1.88. The normalized spacial score (nSPS) is 11.8. The van der Waals surface area contributed by atoms with Gasteiger partial charge in [-0.15, -0.1) is 0 Å². The van der Waals surface area contributed by atoms with Gasteiger partial charge in [0.15, 0.2) is 6.04 Å². The number of amides is 2.